The minimum Gasteiger partial charge on any atom is -0.438 e. The van der Waals surface area contributed by atoms with Gasteiger partial charge in [-0.05, 0) is 36.4 Å². The zero-order valence-electron chi connectivity index (χ0n) is 13.1. The molecule has 5 rings (SSSR count). The lowest BCUT2D eigenvalue weighted by Crippen LogP contribution is -1.96. The number of H-pyrrole nitrogens is 1. The fraction of sp³-hybridized carbons (Fsp3) is 0. The molecule has 0 saturated carbocycles. The molecule has 1 N–H and O–H groups in total. The second kappa shape index (κ2) is 5.45. The van der Waals surface area contributed by atoms with E-state index in [2.05, 4.69) is 26.1 Å². The van der Waals surface area contributed by atoms with Crippen LogP contribution in [0.15, 0.2) is 73.3 Å². The lowest BCUT2D eigenvalue weighted by molar-refractivity contribution is 0.468. The molecule has 3 aromatic heterocycles. The van der Waals surface area contributed by atoms with E-state index in [4.69, 9.17) is 4.74 Å². The quantitative estimate of drug-likeness (QED) is 0.542. The van der Waals surface area contributed by atoms with Crippen molar-refractivity contribution in [3.05, 3.63) is 73.3 Å². The molecular weight excluding hydrogens is 314 g/mol. The predicted molar refractivity (Wildman–Crippen MR) is 95.0 cm³/mol. The van der Waals surface area contributed by atoms with E-state index in [9.17, 15) is 0 Å². The van der Waals surface area contributed by atoms with Gasteiger partial charge in [0.1, 0.15) is 17.7 Å². The van der Waals surface area contributed by atoms with Crippen LogP contribution in [0.5, 0.6) is 11.6 Å². The van der Waals surface area contributed by atoms with Gasteiger partial charge in [0, 0.05) is 11.6 Å². The third-order valence-electron chi connectivity index (χ3n) is 4.09. The molecule has 6 heteroatoms. The molecule has 2 aromatic carbocycles. The molecule has 0 aliphatic heterocycles. The summed E-state index contributed by atoms with van der Waals surface area (Å²) >= 11 is 0. The standard InChI is InChI=1S/C19H13N5O/c1-2-4-17-13(3-1)11-23-24(17)14-5-7-15(8-6-14)25-19-16-9-10-20-18(16)21-12-22-19/h1-12H,(H,20,21,22). The number of ether oxygens (including phenoxy) is 1. The molecule has 0 unspecified atom stereocenters. The first-order valence-electron chi connectivity index (χ1n) is 7.88. The smallest absolute Gasteiger partial charge is 0.231 e. The Morgan fingerprint density at radius 2 is 1.80 bits per heavy atom. The zero-order valence-corrected chi connectivity index (χ0v) is 13.1. The number of hydrogen-bond acceptors (Lipinski definition) is 4. The summed E-state index contributed by atoms with van der Waals surface area (Å²) in [7, 11) is 0. The molecule has 25 heavy (non-hydrogen) atoms. The van der Waals surface area contributed by atoms with Gasteiger partial charge in [-0.15, -0.1) is 0 Å². The molecule has 120 valence electrons. The highest BCUT2D eigenvalue weighted by Gasteiger charge is 2.08. The molecule has 0 aliphatic carbocycles. The van der Waals surface area contributed by atoms with Gasteiger partial charge in [-0.3, -0.25) is 0 Å². The average molecular weight is 327 g/mol. The molecule has 0 saturated heterocycles. The first-order valence-corrected chi connectivity index (χ1v) is 7.88. The molecule has 0 bridgehead atoms. The normalized spacial score (nSPS) is 11.2. The average Bonchev–Trinajstić information content (AvgIpc) is 3.30. The van der Waals surface area contributed by atoms with E-state index in [1.807, 2.05) is 65.6 Å². The van der Waals surface area contributed by atoms with Gasteiger partial charge in [0.2, 0.25) is 5.88 Å². The van der Waals surface area contributed by atoms with Gasteiger partial charge in [0.25, 0.3) is 0 Å². The number of rotatable bonds is 3. The summed E-state index contributed by atoms with van der Waals surface area (Å²) in [4.78, 5) is 11.4. The van der Waals surface area contributed by atoms with E-state index in [1.54, 1.807) is 0 Å². The molecule has 0 spiro atoms. The van der Waals surface area contributed by atoms with Crippen LogP contribution in [0.1, 0.15) is 0 Å². The Morgan fingerprint density at radius 3 is 2.72 bits per heavy atom. The maximum Gasteiger partial charge on any atom is 0.231 e. The first kappa shape index (κ1) is 13.7. The van der Waals surface area contributed by atoms with Crippen molar-refractivity contribution in [2.75, 3.05) is 0 Å². The van der Waals surface area contributed by atoms with Crippen molar-refractivity contribution in [2.45, 2.75) is 0 Å². The van der Waals surface area contributed by atoms with Crippen molar-refractivity contribution in [3.63, 3.8) is 0 Å². The Labute approximate surface area is 142 Å². The third-order valence-corrected chi connectivity index (χ3v) is 4.09. The molecule has 3 heterocycles. The minimum atomic E-state index is 0.531. The van der Waals surface area contributed by atoms with E-state index in [0.29, 0.717) is 11.6 Å². The second-order valence-electron chi connectivity index (χ2n) is 5.63. The molecule has 0 atom stereocenters. The van der Waals surface area contributed by atoms with Crippen LogP contribution < -0.4 is 4.74 Å². The number of nitrogens with zero attached hydrogens (tertiary/aromatic N) is 4. The monoisotopic (exact) mass is 327 g/mol. The van der Waals surface area contributed by atoms with Gasteiger partial charge >= 0.3 is 0 Å². The molecule has 0 aliphatic rings. The zero-order chi connectivity index (χ0) is 16.6. The van der Waals surface area contributed by atoms with Gasteiger partial charge in [0.15, 0.2) is 0 Å². The summed E-state index contributed by atoms with van der Waals surface area (Å²) < 4.78 is 7.82. The van der Waals surface area contributed by atoms with Crippen LogP contribution in [0, 0.1) is 0 Å². The summed E-state index contributed by atoms with van der Waals surface area (Å²) in [5.74, 6) is 1.24. The van der Waals surface area contributed by atoms with Crippen LogP contribution in [0.3, 0.4) is 0 Å². The summed E-state index contributed by atoms with van der Waals surface area (Å²) in [6.45, 7) is 0. The Morgan fingerprint density at radius 1 is 0.920 bits per heavy atom. The molecule has 0 fully saturated rings. The van der Waals surface area contributed by atoms with Gasteiger partial charge in [0.05, 0.1) is 22.8 Å². The van der Waals surface area contributed by atoms with Crippen LogP contribution in [0.4, 0.5) is 0 Å². The lowest BCUT2D eigenvalue weighted by atomic mass is 10.2. The topological polar surface area (TPSA) is 68.6 Å². The van der Waals surface area contributed by atoms with Gasteiger partial charge in [-0.2, -0.15) is 5.10 Å². The van der Waals surface area contributed by atoms with Gasteiger partial charge < -0.3 is 9.72 Å². The SMILES string of the molecule is c1ccc2c(c1)cnn2-c1ccc(Oc2ncnc3[nH]ccc23)cc1. The number of fused-ring (bicyclic) bond motifs is 2. The largest absolute Gasteiger partial charge is 0.438 e. The van der Waals surface area contributed by atoms with Crippen molar-refractivity contribution in [1.82, 2.24) is 24.7 Å². The summed E-state index contributed by atoms with van der Waals surface area (Å²) in [6.07, 6.45) is 5.17. The lowest BCUT2D eigenvalue weighted by Gasteiger charge is -2.07. The second-order valence-corrected chi connectivity index (χ2v) is 5.63. The fourth-order valence-electron chi connectivity index (χ4n) is 2.87. The third kappa shape index (κ3) is 2.31. The molecular formula is C19H13N5O. The maximum atomic E-state index is 5.91. The maximum absolute atomic E-state index is 5.91. The number of aromatic amines is 1. The first-order chi connectivity index (χ1) is 12.4. The van der Waals surface area contributed by atoms with Crippen LogP contribution in [0.25, 0.3) is 27.6 Å². The van der Waals surface area contributed by atoms with Crippen molar-refractivity contribution >= 4 is 21.9 Å². The van der Waals surface area contributed by atoms with E-state index < -0.39 is 0 Å². The number of aromatic nitrogens is 5. The Kier molecular flexibility index (Phi) is 3.00. The van der Waals surface area contributed by atoms with E-state index in [0.717, 1.165) is 27.6 Å². The Bertz CT molecular complexity index is 1170. The minimum absolute atomic E-state index is 0.531. The van der Waals surface area contributed by atoms with Crippen molar-refractivity contribution < 1.29 is 4.74 Å². The summed E-state index contributed by atoms with van der Waals surface area (Å²) in [5.41, 5.74) is 2.80. The Balaban J connectivity index is 1.48. The molecule has 5 aromatic rings. The van der Waals surface area contributed by atoms with Crippen molar-refractivity contribution in [1.29, 1.82) is 0 Å². The molecule has 6 nitrogen and oxygen atoms in total. The van der Waals surface area contributed by atoms with E-state index >= 15 is 0 Å². The summed E-state index contributed by atoms with van der Waals surface area (Å²) in [5, 5.41) is 6.43. The van der Waals surface area contributed by atoms with Crippen LogP contribution in [0.2, 0.25) is 0 Å². The predicted octanol–water partition coefficient (Wildman–Crippen LogP) is 4.09. The van der Waals surface area contributed by atoms with Gasteiger partial charge in [-0.1, -0.05) is 18.2 Å². The van der Waals surface area contributed by atoms with Gasteiger partial charge in [-0.25, -0.2) is 14.6 Å². The highest BCUT2D eigenvalue weighted by molar-refractivity contribution is 5.81. The fourth-order valence-corrected chi connectivity index (χ4v) is 2.87. The van der Waals surface area contributed by atoms with Crippen molar-refractivity contribution in [2.24, 2.45) is 0 Å². The highest BCUT2D eigenvalue weighted by atomic mass is 16.5. The van der Waals surface area contributed by atoms with Crippen LogP contribution in [-0.4, -0.2) is 24.7 Å². The highest BCUT2D eigenvalue weighted by Crippen LogP contribution is 2.27. The van der Waals surface area contributed by atoms with Crippen molar-refractivity contribution in [3.8, 4) is 17.3 Å². The number of para-hydroxylation sites is 1. The number of hydrogen-bond donors (Lipinski definition) is 1. The van der Waals surface area contributed by atoms with E-state index in [1.165, 1.54) is 6.33 Å². The molecule has 0 amide bonds. The number of nitrogens with one attached hydrogen (secondary N) is 1. The Hall–Kier alpha value is -3.67. The summed E-state index contributed by atoms with van der Waals surface area (Å²) in [6, 6.07) is 17.8. The molecule has 0 radical (unpaired) electrons. The number of benzene rings is 2. The van der Waals surface area contributed by atoms with Crippen LogP contribution in [-0.2, 0) is 0 Å². The van der Waals surface area contributed by atoms with E-state index in [-0.39, 0.29) is 0 Å². The van der Waals surface area contributed by atoms with Crippen LogP contribution >= 0.6 is 0 Å².